The van der Waals surface area contributed by atoms with Crippen molar-refractivity contribution < 1.29 is 29.3 Å². The van der Waals surface area contributed by atoms with Crippen LogP contribution in [0.15, 0.2) is 36.5 Å². The predicted octanol–water partition coefficient (Wildman–Crippen LogP) is 11.3. The van der Waals surface area contributed by atoms with Crippen molar-refractivity contribution in [1.29, 1.82) is 0 Å². The molecule has 0 heterocycles. The second-order valence-corrected chi connectivity index (χ2v) is 13.8. The van der Waals surface area contributed by atoms with E-state index in [1.807, 2.05) is 24.3 Å². The quantitative estimate of drug-likeness (QED) is 0.0300. The Morgan fingerprint density at radius 3 is 1.71 bits per heavy atom. The lowest BCUT2D eigenvalue weighted by atomic mass is 9.99. The maximum Gasteiger partial charge on any atom is 0.306 e. The standard InChI is InChI=1S/C42H76O6/c1-4-6-26-32-39(44)33-28-23-19-15-13-17-21-25-30-35-42(46)48-40(36-43)37-47-41(45)34-29-24-20-16-12-10-8-7-9-11-14-18-22-27-31-38(3)5-2/h6,19,23,26,28,33,38-40,43-44H,4-5,7-18,20-22,24-25,27,29-32,34-37H2,1-3H3/b23-19+,26-6+,33-28+/t38?,39?,40-/m0/s1. The fourth-order valence-corrected chi connectivity index (χ4v) is 5.62. The largest absolute Gasteiger partial charge is 0.462 e. The highest BCUT2D eigenvalue weighted by Crippen LogP contribution is 2.16. The highest BCUT2D eigenvalue weighted by molar-refractivity contribution is 5.70. The summed E-state index contributed by atoms with van der Waals surface area (Å²) in [5.41, 5.74) is 0. The summed E-state index contributed by atoms with van der Waals surface area (Å²) in [6, 6.07) is 0. The zero-order valence-corrected chi connectivity index (χ0v) is 31.5. The van der Waals surface area contributed by atoms with Crippen molar-refractivity contribution in [3.05, 3.63) is 36.5 Å². The second kappa shape index (κ2) is 36.4. The molecule has 0 rings (SSSR count). The molecule has 0 aliphatic carbocycles. The number of aliphatic hydroxyl groups excluding tert-OH is 2. The summed E-state index contributed by atoms with van der Waals surface area (Å²) >= 11 is 0. The molecule has 0 aromatic rings. The first-order valence-electron chi connectivity index (χ1n) is 20.0. The fraction of sp³-hybridized carbons (Fsp3) is 0.810. The Morgan fingerprint density at radius 2 is 1.17 bits per heavy atom. The van der Waals surface area contributed by atoms with Crippen LogP contribution < -0.4 is 0 Å². The Bertz CT molecular complexity index is 804. The number of hydrogen-bond donors (Lipinski definition) is 2. The lowest BCUT2D eigenvalue weighted by Crippen LogP contribution is -2.28. The number of allylic oxidation sites excluding steroid dienone is 4. The molecule has 0 aliphatic rings. The lowest BCUT2D eigenvalue weighted by molar-refractivity contribution is -0.161. The minimum absolute atomic E-state index is 0.0864. The van der Waals surface area contributed by atoms with Gasteiger partial charge >= 0.3 is 11.9 Å². The number of unbranched alkanes of at least 4 members (excludes halogenated alkanes) is 18. The molecule has 0 aromatic heterocycles. The van der Waals surface area contributed by atoms with Gasteiger partial charge in [0.15, 0.2) is 6.10 Å². The molecule has 0 saturated heterocycles. The molecule has 0 aromatic carbocycles. The molecule has 0 amide bonds. The minimum Gasteiger partial charge on any atom is -0.462 e. The van der Waals surface area contributed by atoms with Gasteiger partial charge in [-0.25, -0.2) is 0 Å². The molecular formula is C42H76O6. The van der Waals surface area contributed by atoms with E-state index in [4.69, 9.17) is 9.47 Å². The van der Waals surface area contributed by atoms with E-state index >= 15 is 0 Å². The molecule has 280 valence electrons. The molecule has 0 aliphatic heterocycles. The molecule has 0 spiro atoms. The SMILES string of the molecule is CC/C=C/CC(O)/C=C/C=C/CCCCCCCC(=O)O[C@@H](CO)COC(=O)CCCCCCCCCCCCCCCCC(C)CC. The van der Waals surface area contributed by atoms with Crippen LogP contribution in [0.2, 0.25) is 0 Å². The summed E-state index contributed by atoms with van der Waals surface area (Å²) in [6.07, 6.45) is 39.6. The summed E-state index contributed by atoms with van der Waals surface area (Å²) in [5, 5.41) is 19.4. The van der Waals surface area contributed by atoms with Crippen molar-refractivity contribution in [3.63, 3.8) is 0 Å². The number of aliphatic hydroxyl groups is 2. The monoisotopic (exact) mass is 677 g/mol. The van der Waals surface area contributed by atoms with Crippen molar-refractivity contribution in [2.75, 3.05) is 13.2 Å². The third-order valence-corrected chi connectivity index (χ3v) is 9.07. The molecule has 6 nitrogen and oxygen atoms in total. The number of esters is 2. The highest BCUT2D eigenvalue weighted by Gasteiger charge is 2.16. The normalized spacial score (nSPS) is 13.9. The van der Waals surface area contributed by atoms with Crippen molar-refractivity contribution in [2.45, 2.75) is 200 Å². The van der Waals surface area contributed by atoms with Gasteiger partial charge in [0.05, 0.1) is 12.7 Å². The van der Waals surface area contributed by atoms with E-state index in [1.165, 1.54) is 83.5 Å². The molecule has 0 saturated carbocycles. The molecule has 2 N–H and O–H groups in total. The number of rotatable bonds is 35. The summed E-state index contributed by atoms with van der Waals surface area (Å²) < 4.78 is 10.6. The van der Waals surface area contributed by atoms with E-state index in [0.29, 0.717) is 19.3 Å². The van der Waals surface area contributed by atoms with Gasteiger partial charge in [-0.15, -0.1) is 0 Å². The van der Waals surface area contributed by atoms with E-state index in [2.05, 4.69) is 32.9 Å². The average molecular weight is 677 g/mol. The molecular weight excluding hydrogens is 600 g/mol. The fourth-order valence-electron chi connectivity index (χ4n) is 5.62. The summed E-state index contributed by atoms with van der Waals surface area (Å²) in [4.78, 5) is 24.3. The van der Waals surface area contributed by atoms with Crippen LogP contribution in [0.5, 0.6) is 0 Å². The van der Waals surface area contributed by atoms with Gasteiger partial charge in [-0.05, 0) is 44.4 Å². The van der Waals surface area contributed by atoms with E-state index in [0.717, 1.165) is 70.1 Å². The molecule has 0 bridgehead atoms. The lowest BCUT2D eigenvalue weighted by Gasteiger charge is -2.15. The minimum atomic E-state index is -0.796. The van der Waals surface area contributed by atoms with Gasteiger partial charge in [-0.2, -0.15) is 0 Å². The number of hydrogen-bond acceptors (Lipinski definition) is 6. The van der Waals surface area contributed by atoms with Crippen LogP contribution >= 0.6 is 0 Å². The Labute approximate surface area is 296 Å². The third kappa shape index (κ3) is 34.0. The van der Waals surface area contributed by atoms with Crippen molar-refractivity contribution in [1.82, 2.24) is 0 Å². The van der Waals surface area contributed by atoms with Crippen LogP contribution in [-0.4, -0.2) is 47.6 Å². The number of ether oxygens (including phenoxy) is 2. The highest BCUT2D eigenvalue weighted by atomic mass is 16.6. The van der Waals surface area contributed by atoms with E-state index in [1.54, 1.807) is 0 Å². The van der Waals surface area contributed by atoms with Crippen molar-refractivity contribution in [2.24, 2.45) is 5.92 Å². The number of carbonyl (C=O) groups is 2. The van der Waals surface area contributed by atoms with Gasteiger partial charge in [0, 0.05) is 12.8 Å². The second-order valence-electron chi connectivity index (χ2n) is 13.8. The topological polar surface area (TPSA) is 93.1 Å². The number of carbonyl (C=O) groups excluding carboxylic acids is 2. The van der Waals surface area contributed by atoms with E-state index in [-0.39, 0.29) is 25.2 Å². The van der Waals surface area contributed by atoms with Crippen molar-refractivity contribution in [3.8, 4) is 0 Å². The van der Waals surface area contributed by atoms with Crippen LogP contribution in [0.3, 0.4) is 0 Å². The maximum absolute atomic E-state index is 12.2. The van der Waals surface area contributed by atoms with Gasteiger partial charge in [0.1, 0.15) is 6.61 Å². The molecule has 0 fully saturated rings. The van der Waals surface area contributed by atoms with Gasteiger partial charge in [-0.1, -0.05) is 173 Å². The van der Waals surface area contributed by atoms with Crippen molar-refractivity contribution >= 4 is 11.9 Å². The van der Waals surface area contributed by atoms with Gasteiger partial charge in [0.25, 0.3) is 0 Å². The first-order chi connectivity index (χ1) is 23.4. The van der Waals surface area contributed by atoms with Gasteiger partial charge in [-0.3, -0.25) is 9.59 Å². The molecule has 6 heteroatoms. The summed E-state index contributed by atoms with van der Waals surface area (Å²) in [7, 11) is 0. The van der Waals surface area contributed by atoms with Crippen LogP contribution in [0.25, 0.3) is 0 Å². The third-order valence-electron chi connectivity index (χ3n) is 9.07. The van der Waals surface area contributed by atoms with Crippen LogP contribution in [0, 0.1) is 5.92 Å². The Kier molecular flexibility index (Phi) is 34.9. The predicted molar refractivity (Wildman–Crippen MR) is 202 cm³/mol. The van der Waals surface area contributed by atoms with E-state index < -0.39 is 12.2 Å². The van der Waals surface area contributed by atoms with Gasteiger partial charge in [0.2, 0.25) is 0 Å². The Morgan fingerprint density at radius 1 is 0.646 bits per heavy atom. The Hall–Kier alpha value is -1.92. The van der Waals surface area contributed by atoms with Crippen LogP contribution in [0.4, 0.5) is 0 Å². The maximum atomic E-state index is 12.2. The average Bonchev–Trinajstić information content (AvgIpc) is 3.08. The molecule has 2 unspecified atom stereocenters. The summed E-state index contributed by atoms with van der Waals surface area (Å²) in [6.45, 7) is 6.30. The molecule has 0 radical (unpaired) electrons. The van der Waals surface area contributed by atoms with E-state index in [9.17, 15) is 19.8 Å². The Balaban J connectivity index is 3.60. The zero-order valence-electron chi connectivity index (χ0n) is 31.5. The molecule has 3 atom stereocenters. The first-order valence-corrected chi connectivity index (χ1v) is 20.0. The van der Waals surface area contributed by atoms with Crippen LogP contribution in [0.1, 0.15) is 188 Å². The smallest absolute Gasteiger partial charge is 0.306 e. The first kappa shape index (κ1) is 46.1. The molecule has 48 heavy (non-hydrogen) atoms. The van der Waals surface area contributed by atoms with Gasteiger partial charge < -0.3 is 19.7 Å². The van der Waals surface area contributed by atoms with Crippen LogP contribution in [-0.2, 0) is 19.1 Å². The summed E-state index contributed by atoms with van der Waals surface area (Å²) in [5.74, 6) is 0.256. The zero-order chi connectivity index (χ0) is 35.3.